The number of hydrogen-bond donors (Lipinski definition) is 0. The maximum Gasteiger partial charge on any atom is 0.416 e. The second kappa shape index (κ2) is 7.59. The van der Waals surface area contributed by atoms with Gasteiger partial charge in [-0.15, -0.1) is 0 Å². The molecule has 26 heavy (non-hydrogen) atoms. The number of carbonyl (C=O) groups excluding carboxylic acids is 1. The zero-order chi connectivity index (χ0) is 18.6. The standard InChI is InChI=1S/C17H17F3N4O2/c18-17(19,20)13-3-1-4-14(11-13)26-12-15(25)23-7-9-24(10-8-23)16-21-5-2-6-22-16/h1-6,11H,7-10,12H2. The molecule has 0 radical (unpaired) electrons. The molecule has 1 aliphatic heterocycles. The molecule has 0 atom stereocenters. The minimum absolute atomic E-state index is 0.0181. The number of ether oxygens (including phenoxy) is 1. The van der Waals surface area contributed by atoms with Crippen molar-refractivity contribution in [3.8, 4) is 5.75 Å². The summed E-state index contributed by atoms with van der Waals surface area (Å²) in [6.07, 6.45) is -1.13. The van der Waals surface area contributed by atoms with Crippen LogP contribution in [0.5, 0.6) is 5.75 Å². The van der Waals surface area contributed by atoms with E-state index in [2.05, 4.69) is 9.97 Å². The molecule has 0 aliphatic carbocycles. The number of rotatable bonds is 4. The quantitative estimate of drug-likeness (QED) is 0.831. The highest BCUT2D eigenvalue weighted by atomic mass is 19.4. The van der Waals surface area contributed by atoms with Gasteiger partial charge in [-0.3, -0.25) is 4.79 Å². The van der Waals surface area contributed by atoms with Crippen LogP contribution in [0.1, 0.15) is 5.56 Å². The molecular formula is C17H17F3N4O2. The average Bonchev–Trinajstić information content (AvgIpc) is 2.66. The third kappa shape index (κ3) is 4.41. The lowest BCUT2D eigenvalue weighted by molar-refractivity contribution is -0.137. The summed E-state index contributed by atoms with van der Waals surface area (Å²) in [5.41, 5.74) is -0.807. The van der Waals surface area contributed by atoms with Gasteiger partial charge in [0.2, 0.25) is 5.95 Å². The largest absolute Gasteiger partial charge is 0.484 e. The second-order valence-electron chi connectivity index (χ2n) is 5.73. The number of piperazine rings is 1. The van der Waals surface area contributed by atoms with Crippen molar-refractivity contribution >= 4 is 11.9 Å². The van der Waals surface area contributed by atoms with Crippen LogP contribution in [0, 0.1) is 0 Å². The second-order valence-corrected chi connectivity index (χ2v) is 5.73. The average molecular weight is 366 g/mol. The first-order valence-electron chi connectivity index (χ1n) is 8.03. The fraction of sp³-hybridized carbons (Fsp3) is 0.353. The Morgan fingerprint density at radius 1 is 1.08 bits per heavy atom. The smallest absolute Gasteiger partial charge is 0.416 e. The highest BCUT2D eigenvalue weighted by molar-refractivity contribution is 5.78. The monoisotopic (exact) mass is 366 g/mol. The van der Waals surface area contributed by atoms with Gasteiger partial charge in [0.1, 0.15) is 5.75 Å². The molecule has 1 fully saturated rings. The van der Waals surface area contributed by atoms with E-state index in [1.165, 1.54) is 12.1 Å². The van der Waals surface area contributed by atoms with Crippen molar-refractivity contribution in [3.63, 3.8) is 0 Å². The molecule has 1 aliphatic rings. The fourth-order valence-electron chi connectivity index (χ4n) is 2.61. The summed E-state index contributed by atoms with van der Waals surface area (Å²) in [5.74, 6) is 0.361. The van der Waals surface area contributed by atoms with E-state index in [1.807, 2.05) is 4.90 Å². The Balaban J connectivity index is 1.51. The van der Waals surface area contributed by atoms with Crippen LogP contribution >= 0.6 is 0 Å². The van der Waals surface area contributed by atoms with Gasteiger partial charge in [-0.1, -0.05) is 6.07 Å². The number of benzene rings is 1. The summed E-state index contributed by atoms with van der Waals surface area (Å²) < 4.78 is 43.3. The number of anilines is 1. The van der Waals surface area contributed by atoms with Crippen molar-refractivity contribution in [2.45, 2.75) is 6.18 Å². The van der Waals surface area contributed by atoms with Gasteiger partial charge < -0.3 is 14.5 Å². The SMILES string of the molecule is O=C(COc1cccc(C(F)(F)F)c1)N1CCN(c2ncccn2)CC1. The van der Waals surface area contributed by atoms with Crippen molar-refractivity contribution in [1.82, 2.24) is 14.9 Å². The summed E-state index contributed by atoms with van der Waals surface area (Å²) in [6.45, 7) is 1.81. The molecule has 1 saturated heterocycles. The van der Waals surface area contributed by atoms with E-state index < -0.39 is 11.7 Å². The molecule has 0 saturated carbocycles. The number of aromatic nitrogens is 2. The number of hydrogen-bond acceptors (Lipinski definition) is 5. The maximum absolute atomic E-state index is 12.7. The Kier molecular flexibility index (Phi) is 5.24. The van der Waals surface area contributed by atoms with Crippen LogP contribution < -0.4 is 9.64 Å². The van der Waals surface area contributed by atoms with Gasteiger partial charge in [-0.05, 0) is 24.3 Å². The van der Waals surface area contributed by atoms with Crippen LogP contribution in [0.4, 0.5) is 19.1 Å². The van der Waals surface area contributed by atoms with Gasteiger partial charge in [-0.2, -0.15) is 13.2 Å². The predicted octanol–water partition coefficient (Wildman–Crippen LogP) is 2.22. The molecular weight excluding hydrogens is 349 g/mol. The van der Waals surface area contributed by atoms with Gasteiger partial charge in [0.15, 0.2) is 6.61 Å². The third-order valence-corrected chi connectivity index (χ3v) is 3.99. The van der Waals surface area contributed by atoms with Gasteiger partial charge in [0, 0.05) is 38.6 Å². The Morgan fingerprint density at radius 2 is 1.77 bits per heavy atom. The van der Waals surface area contributed by atoms with Crippen LogP contribution in [-0.2, 0) is 11.0 Å². The van der Waals surface area contributed by atoms with E-state index in [9.17, 15) is 18.0 Å². The van der Waals surface area contributed by atoms with E-state index in [1.54, 1.807) is 23.4 Å². The topological polar surface area (TPSA) is 58.6 Å². The number of halogens is 3. The van der Waals surface area contributed by atoms with Crippen molar-refractivity contribution in [2.75, 3.05) is 37.7 Å². The van der Waals surface area contributed by atoms with Crippen molar-refractivity contribution < 1.29 is 22.7 Å². The summed E-state index contributed by atoms with van der Waals surface area (Å²) in [4.78, 5) is 24.2. The number of carbonyl (C=O) groups is 1. The number of nitrogens with zero attached hydrogens (tertiary/aromatic N) is 4. The number of alkyl halides is 3. The molecule has 3 rings (SSSR count). The van der Waals surface area contributed by atoms with E-state index in [-0.39, 0.29) is 18.3 Å². The highest BCUT2D eigenvalue weighted by Gasteiger charge is 2.30. The van der Waals surface area contributed by atoms with Crippen LogP contribution in [0.2, 0.25) is 0 Å². The molecule has 1 aromatic heterocycles. The molecule has 138 valence electrons. The van der Waals surface area contributed by atoms with Gasteiger partial charge in [0.05, 0.1) is 5.56 Å². The van der Waals surface area contributed by atoms with E-state index >= 15 is 0 Å². The lowest BCUT2D eigenvalue weighted by Crippen LogP contribution is -2.50. The lowest BCUT2D eigenvalue weighted by Gasteiger charge is -2.34. The summed E-state index contributed by atoms with van der Waals surface area (Å²) >= 11 is 0. The van der Waals surface area contributed by atoms with Crippen molar-refractivity contribution in [2.24, 2.45) is 0 Å². The minimum atomic E-state index is -4.45. The molecule has 2 heterocycles. The van der Waals surface area contributed by atoms with Crippen LogP contribution in [-0.4, -0.2) is 53.6 Å². The van der Waals surface area contributed by atoms with Crippen molar-refractivity contribution in [3.05, 3.63) is 48.3 Å². The molecule has 1 aromatic carbocycles. The molecule has 6 nitrogen and oxygen atoms in total. The van der Waals surface area contributed by atoms with Crippen molar-refractivity contribution in [1.29, 1.82) is 0 Å². The molecule has 0 unspecified atom stereocenters. The summed E-state index contributed by atoms with van der Waals surface area (Å²) in [5, 5.41) is 0. The Bertz CT molecular complexity index is 747. The van der Waals surface area contributed by atoms with E-state index in [0.717, 1.165) is 12.1 Å². The molecule has 0 spiro atoms. The zero-order valence-electron chi connectivity index (χ0n) is 13.8. The molecule has 1 amide bonds. The van der Waals surface area contributed by atoms with Crippen LogP contribution in [0.15, 0.2) is 42.7 Å². The minimum Gasteiger partial charge on any atom is -0.484 e. The first-order valence-corrected chi connectivity index (χ1v) is 8.03. The molecule has 0 N–H and O–H groups in total. The molecule has 2 aromatic rings. The van der Waals surface area contributed by atoms with E-state index in [0.29, 0.717) is 32.1 Å². The Labute approximate surface area is 148 Å². The highest BCUT2D eigenvalue weighted by Crippen LogP contribution is 2.31. The van der Waals surface area contributed by atoms with E-state index in [4.69, 9.17) is 4.74 Å². The van der Waals surface area contributed by atoms with Gasteiger partial charge in [-0.25, -0.2) is 9.97 Å². The predicted molar refractivity (Wildman–Crippen MR) is 87.8 cm³/mol. The molecule has 9 heteroatoms. The van der Waals surface area contributed by atoms with Crippen LogP contribution in [0.3, 0.4) is 0 Å². The fourth-order valence-corrected chi connectivity index (χ4v) is 2.61. The Hall–Kier alpha value is -2.84. The summed E-state index contributed by atoms with van der Waals surface area (Å²) in [7, 11) is 0. The van der Waals surface area contributed by atoms with Crippen LogP contribution in [0.25, 0.3) is 0 Å². The number of amides is 1. The first kappa shape index (κ1) is 18.0. The summed E-state index contributed by atoms with van der Waals surface area (Å²) in [6, 6.07) is 6.22. The first-order chi connectivity index (χ1) is 12.4. The zero-order valence-corrected chi connectivity index (χ0v) is 13.8. The third-order valence-electron chi connectivity index (χ3n) is 3.99. The Morgan fingerprint density at radius 3 is 2.42 bits per heavy atom. The van der Waals surface area contributed by atoms with Gasteiger partial charge in [0.25, 0.3) is 5.91 Å². The molecule has 0 bridgehead atoms. The maximum atomic E-state index is 12.7. The van der Waals surface area contributed by atoms with Gasteiger partial charge >= 0.3 is 6.18 Å². The normalized spacial score (nSPS) is 15.0. The lowest BCUT2D eigenvalue weighted by atomic mass is 10.2.